The molecular weight excluding hydrogens is 281 g/mol. The van der Waals surface area contributed by atoms with Crippen molar-refractivity contribution in [3.8, 4) is 5.75 Å². The first-order valence-corrected chi connectivity index (χ1v) is 7.47. The molecule has 3 nitrogen and oxygen atoms in total. The Hall–Kier alpha value is -0.840. The SMILES string of the molecule is CCOc1c(F)cc([C@H](N)[C@H](O)C2CCCC2)cc1Cl. The summed E-state index contributed by atoms with van der Waals surface area (Å²) in [6, 6.07) is 2.26. The molecule has 1 aliphatic carbocycles. The van der Waals surface area contributed by atoms with Crippen molar-refractivity contribution in [3.63, 3.8) is 0 Å². The third kappa shape index (κ3) is 3.25. The zero-order valence-corrected chi connectivity index (χ0v) is 12.4. The summed E-state index contributed by atoms with van der Waals surface area (Å²) in [6.45, 7) is 2.10. The molecule has 0 unspecified atom stereocenters. The molecule has 0 amide bonds. The molecule has 112 valence electrons. The predicted molar refractivity (Wildman–Crippen MR) is 77.5 cm³/mol. The Morgan fingerprint density at radius 3 is 2.65 bits per heavy atom. The Balaban J connectivity index is 2.19. The van der Waals surface area contributed by atoms with E-state index < -0.39 is 18.0 Å². The Bertz CT molecular complexity index is 440. The van der Waals surface area contributed by atoms with Crippen LogP contribution in [0.25, 0.3) is 0 Å². The summed E-state index contributed by atoms with van der Waals surface area (Å²) < 4.78 is 19.1. The van der Waals surface area contributed by atoms with Crippen molar-refractivity contribution in [1.29, 1.82) is 0 Å². The topological polar surface area (TPSA) is 55.5 Å². The van der Waals surface area contributed by atoms with Crippen LogP contribution < -0.4 is 10.5 Å². The van der Waals surface area contributed by atoms with Crippen molar-refractivity contribution in [2.45, 2.75) is 44.8 Å². The Morgan fingerprint density at radius 2 is 2.10 bits per heavy atom. The van der Waals surface area contributed by atoms with E-state index in [1.165, 1.54) is 6.07 Å². The maximum atomic E-state index is 14.0. The first kappa shape index (κ1) is 15.5. The number of benzene rings is 1. The van der Waals surface area contributed by atoms with Gasteiger partial charge in [-0.2, -0.15) is 0 Å². The van der Waals surface area contributed by atoms with Crippen molar-refractivity contribution >= 4 is 11.6 Å². The normalized spacial score (nSPS) is 19.1. The first-order chi connectivity index (χ1) is 9.54. The van der Waals surface area contributed by atoms with E-state index in [-0.39, 0.29) is 16.7 Å². The van der Waals surface area contributed by atoms with Gasteiger partial charge in [0.1, 0.15) is 0 Å². The number of hydrogen-bond donors (Lipinski definition) is 2. The molecule has 1 saturated carbocycles. The van der Waals surface area contributed by atoms with Crippen molar-refractivity contribution in [2.75, 3.05) is 6.61 Å². The molecule has 1 aliphatic rings. The van der Waals surface area contributed by atoms with E-state index in [1.54, 1.807) is 13.0 Å². The van der Waals surface area contributed by atoms with E-state index in [1.807, 2.05) is 0 Å². The molecule has 1 fully saturated rings. The second-order valence-corrected chi connectivity index (χ2v) is 5.71. The van der Waals surface area contributed by atoms with Crippen LogP contribution in [0.1, 0.15) is 44.2 Å². The van der Waals surface area contributed by atoms with Crippen molar-refractivity contribution in [3.05, 3.63) is 28.5 Å². The summed E-state index contributed by atoms with van der Waals surface area (Å²) in [6.07, 6.45) is 3.52. The van der Waals surface area contributed by atoms with E-state index in [2.05, 4.69) is 0 Å². The molecule has 20 heavy (non-hydrogen) atoms. The number of rotatable bonds is 5. The molecule has 0 radical (unpaired) electrons. The maximum absolute atomic E-state index is 14.0. The molecule has 5 heteroatoms. The summed E-state index contributed by atoms with van der Waals surface area (Å²) in [5.41, 5.74) is 6.57. The Labute approximate surface area is 123 Å². The number of halogens is 2. The minimum atomic E-state index is -0.661. The predicted octanol–water partition coefficient (Wildman–Crippen LogP) is 3.43. The van der Waals surface area contributed by atoms with Gasteiger partial charge >= 0.3 is 0 Å². The van der Waals surface area contributed by atoms with Crippen LogP contribution in [-0.4, -0.2) is 17.8 Å². The van der Waals surface area contributed by atoms with Gasteiger partial charge in [0.15, 0.2) is 11.6 Å². The molecule has 0 heterocycles. The van der Waals surface area contributed by atoms with Gasteiger partial charge in [0.25, 0.3) is 0 Å². The number of aliphatic hydroxyl groups is 1. The summed E-state index contributed by atoms with van der Waals surface area (Å²) in [5, 5.41) is 10.5. The first-order valence-electron chi connectivity index (χ1n) is 7.10. The highest BCUT2D eigenvalue weighted by atomic mass is 35.5. The van der Waals surface area contributed by atoms with Gasteiger partial charge in [-0.25, -0.2) is 4.39 Å². The average molecular weight is 302 g/mol. The number of nitrogens with two attached hydrogens (primary N) is 1. The molecule has 2 atom stereocenters. The van der Waals surface area contributed by atoms with Crippen molar-refractivity contribution in [1.82, 2.24) is 0 Å². The van der Waals surface area contributed by atoms with E-state index >= 15 is 0 Å². The van der Waals surface area contributed by atoms with Crippen LogP contribution in [-0.2, 0) is 0 Å². The van der Waals surface area contributed by atoms with Gasteiger partial charge < -0.3 is 15.6 Å². The molecule has 0 bridgehead atoms. The van der Waals surface area contributed by atoms with E-state index in [4.69, 9.17) is 22.1 Å². The largest absolute Gasteiger partial charge is 0.489 e. The molecule has 2 rings (SSSR count). The smallest absolute Gasteiger partial charge is 0.173 e. The van der Waals surface area contributed by atoms with Crippen LogP contribution in [0.5, 0.6) is 5.75 Å². The van der Waals surface area contributed by atoms with Crippen LogP contribution in [0.3, 0.4) is 0 Å². The molecule has 0 saturated heterocycles. The lowest BCUT2D eigenvalue weighted by molar-refractivity contribution is 0.0844. The van der Waals surface area contributed by atoms with E-state index in [0.29, 0.717) is 12.2 Å². The summed E-state index contributed by atoms with van der Waals surface area (Å²) in [5.74, 6) is -0.303. The van der Waals surface area contributed by atoms with Gasteiger partial charge in [-0.1, -0.05) is 24.4 Å². The van der Waals surface area contributed by atoms with E-state index in [9.17, 15) is 9.50 Å². The fourth-order valence-corrected chi connectivity index (χ4v) is 3.11. The van der Waals surface area contributed by atoms with Gasteiger partial charge in [-0.3, -0.25) is 0 Å². The highest BCUT2D eigenvalue weighted by molar-refractivity contribution is 6.32. The monoisotopic (exact) mass is 301 g/mol. The lowest BCUT2D eigenvalue weighted by atomic mass is 9.91. The lowest BCUT2D eigenvalue weighted by Gasteiger charge is -2.25. The van der Waals surface area contributed by atoms with Gasteiger partial charge in [0.2, 0.25) is 0 Å². The minimum Gasteiger partial charge on any atom is -0.489 e. The lowest BCUT2D eigenvalue weighted by Crippen LogP contribution is -2.32. The van der Waals surface area contributed by atoms with Crippen LogP contribution in [0.2, 0.25) is 5.02 Å². The Kier molecular flexibility index (Phi) is 5.24. The van der Waals surface area contributed by atoms with Crippen LogP contribution in [0.15, 0.2) is 12.1 Å². The number of ether oxygens (including phenoxy) is 1. The zero-order valence-electron chi connectivity index (χ0n) is 11.6. The second kappa shape index (κ2) is 6.74. The summed E-state index contributed by atoms with van der Waals surface area (Å²) >= 11 is 6.02. The summed E-state index contributed by atoms with van der Waals surface area (Å²) in [7, 11) is 0. The fourth-order valence-electron chi connectivity index (χ4n) is 2.84. The quantitative estimate of drug-likeness (QED) is 0.876. The second-order valence-electron chi connectivity index (χ2n) is 5.31. The average Bonchev–Trinajstić information content (AvgIpc) is 2.95. The molecule has 0 aromatic heterocycles. The molecular formula is C15H21ClFNO2. The Morgan fingerprint density at radius 1 is 1.45 bits per heavy atom. The van der Waals surface area contributed by atoms with Crippen molar-refractivity contribution in [2.24, 2.45) is 11.7 Å². The van der Waals surface area contributed by atoms with Crippen LogP contribution in [0.4, 0.5) is 4.39 Å². The third-order valence-corrected chi connectivity index (χ3v) is 4.23. The van der Waals surface area contributed by atoms with Gasteiger partial charge in [0, 0.05) is 0 Å². The van der Waals surface area contributed by atoms with Crippen molar-refractivity contribution < 1.29 is 14.2 Å². The summed E-state index contributed by atoms with van der Waals surface area (Å²) in [4.78, 5) is 0. The van der Waals surface area contributed by atoms with Crippen LogP contribution >= 0.6 is 11.6 Å². The standard InChI is InChI=1S/C15H21ClFNO2/c1-2-20-15-11(16)7-10(8-12(15)17)13(18)14(19)9-5-3-4-6-9/h7-9,13-14,19H,2-6,18H2,1H3/t13-,14+/m0/s1. The minimum absolute atomic E-state index is 0.0421. The number of hydrogen-bond acceptors (Lipinski definition) is 3. The molecule has 1 aromatic rings. The fraction of sp³-hybridized carbons (Fsp3) is 0.600. The van der Waals surface area contributed by atoms with Gasteiger partial charge in [-0.15, -0.1) is 0 Å². The van der Waals surface area contributed by atoms with Gasteiger partial charge in [-0.05, 0) is 43.4 Å². The van der Waals surface area contributed by atoms with Crippen LogP contribution in [0, 0.1) is 11.7 Å². The highest BCUT2D eigenvalue weighted by Gasteiger charge is 2.29. The third-order valence-electron chi connectivity index (χ3n) is 3.94. The zero-order chi connectivity index (χ0) is 14.7. The van der Waals surface area contributed by atoms with Gasteiger partial charge in [0.05, 0.1) is 23.8 Å². The molecule has 1 aromatic carbocycles. The molecule has 0 spiro atoms. The van der Waals surface area contributed by atoms with E-state index in [0.717, 1.165) is 25.7 Å². The molecule has 3 N–H and O–H groups in total. The number of aliphatic hydroxyl groups excluding tert-OH is 1. The maximum Gasteiger partial charge on any atom is 0.173 e. The highest BCUT2D eigenvalue weighted by Crippen LogP contribution is 2.35. The molecule has 0 aliphatic heterocycles.